The first-order valence-corrected chi connectivity index (χ1v) is 7.60. The highest BCUT2D eigenvalue weighted by atomic mass is 19.1. The molecular formula is C16H24FN3O. The molecule has 5 heteroatoms. The molecule has 116 valence electrons. The topological polar surface area (TPSA) is 58.4 Å². The monoisotopic (exact) mass is 293 g/mol. The van der Waals surface area contributed by atoms with Gasteiger partial charge >= 0.3 is 0 Å². The average molecular weight is 293 g/mol. The SMILES string of the molecule is CC(N)CCC(=O)NC1CCCN(c2cccc(F)c2)C1. The van der Waals surface area contributed by atoms with E-state index in [0.717, 1.165) is 31.6 Å². The van der Waals surface area contributed by atoms with Gasteiger partial charge in [0.1, 0.15) is 5.82 Å². The second kappa shape index (κ2) is 7.41. The molecule has 1 saturated heterocycles. The van der Waals surface area contributed by atoms with E-state index in [-0.39, 0.29) is 23.8 Å². The van der Waals surface area contributed by atoms with E-state index in [2.05, 4.69) is 10.2 Å². The molecule has 1 aliphatic rings. The van der Waals surface area contributed by atoms with E-state index in [9.17, 15) is 9.18 Å². The number of carbonyl (C=O) groups is 1. The van der Waals surface area contributed by atoms with Crippen molar-refractivity contribution in [3.63, 3.8) is 0 Å². The lowest BCUT2D eigenvalue weighted by Gasteiger charge is -2.34. The maximum atomic E-state index is 13.3. The molecule has 0 spiro atoms. The van der Waals surface area contributed by atoms with E-state index in [1.165, 1.54) is 6.07 Å². The number of hydrogen-bond donors (Lipinski definition) is 2. The molecule has 21 heavy (non-hydrogen) atoms. The van der Waals surface area contributed by atoms with Gasteiger partial charge in [-0.05, 0) is 44.4 Å². The minimum Gasteiger partial charge on any atom is -0.369 e. The second-order valence-corrected chi connectivity index (χ2v) is 5.85. The molecule has 1 amide bonds. The molecule has 0 aliphatic carbocycles. The number of carbonyl (C=O) groups excluding carboxylic acids is 1. The zero-order valence-corrected chi connectivity index (χ0v) is 12.5. The van der Waals surface area contributed by atoms with Crippen molar-refractivity contribution in [3.8, 4) is 0 Å². The summed E-state index contributed by atoms with van der Waals surface area (Å²) in [6.07, 6.45) is 3.13. The Hall–Kier alpha value is -1.62. The van der Waals surface area contributed by atoms with E-state index >= 15 is 0 Å². The van der Waals surface area contributed by atoms with Gasteiger partial charge in [0.15, 0.2) is 0 Å². The summed E-state index contributed by atoms with van der Waals surface area (Å²) in [6.45, 7) is 3.53. The van der Waals surface area contributed by atoms with Crippen molar-refractivity contribution in [2.75, 3.05) is 18.0 Å². The van der Waals surface area contributed by atoms with Gasteiger partial charge in [-0.1, -0.05) is 6.07 Å². The van der Waals surface area contributed by atoms with Crippen LogP contribution in [0.1, 0.15) is 32.6 Å². The number of benzene rings is 1. The van der Waals surface area contributed by atoms with Crippen LogP contribution in [0.2, 0.25) is 0 Å². The molecule has 1 heterocycles. The quantitative estimate of drug-likeness (QED) is 0.873. The summed E-state index contributed by atoms with van der Waals surface area (Å²) < 4.78 is 13.3. The number of nitrogens with zero attached hydrogens (tertiary/aromatic N) is 1. The Morgan fingerprint density at radius 3 is 3.10 bits per heavy atom. The number of piperidine rings is 1. The van der Waals surface area contributed by atoms with Gasteiger partial charge in [0.2, 0.25) is 5.91 Å². The Morgan fingerprint density at radius 1 is 1.57 bits per heavy atom. The van der Waals surface area contributed by atoms with Crippen LogP contribution in [0.4, 0.5) is 10.1 Å². The lowest BCUT2D eigenvalue weighted by atomic mass is 10.0. The first kappa shape index (κ1) is 15.8. The molecule has 2 atom stereocenters. The highest BCUT2D eigenvalue weighted by Crippen LogP contribution is 2.20. The minimum absolute atomic E-state index is 0.0471. The molecule has 0 saturated carbocycles. The molecule has 2 unspecified atom stereocenters. The van der Waals surface area contributed by atoms with Crippen LogP contribution in [0.3, 0.4) is 0 Å². The van der Waals surface area contributed by atoms with E-state index in [1.807, 2.05) is 13.0 Å². The van der Waals surface area contributed by atoms with Crippen molar-refractivity contribution in [2.24, 2.45) is 5.73 Å². The normalized spacial score (nSPS) is 20.1. The van der Waals surface area contributed by atoms with Crippen LogP contribution >= 0.6 is 0 Å². The first-order chi connectivity index (χ1) is 10.0. The second-order valence-electron chi connectivity index (χ2n) is 5.85. The fourth-order valence-corrected chi connectivity index (χ4v) is 2.66. The molecule has 1 aromatic carbocycles. The first-order valence-electron chi connectivity index (χ1n) is 7.60. The fourth-order valence-electron chi connectivity index (χ4n) is 2.66. The van der Waals surface area contributed by atoms with Gasteiger partial charge in [0, 0.05) is 37.3 Å². The zero-order valence-electron chi connectivity index (χ0n) is 12.5. The molecule has 1 aliphatic heterocycles. The molecule has 1 aromatic rings. The van der Waals surface area contributed by atoms with Crippen molar-refractivity contribution >= 4 is 11.6 Å². The molecule has 2 rings (SSSR count). The maximum absolute atomic E-state index is 13.3. The predicted molar refractivity (Wildman–Crippen MR) is 82.7 cm³/mol. The van der Waals surface area contributed by atoms with Crippen molar-refractivity contribution in [3.05, 3.63) is 30.1 Å². The Bertz CT molecular complexity index is 478. The summed E-state index contributed by atoms with van der Waals surface area (Å²) in [5.41, 5.74) is 6.54. The highest BCUT2D eigenvalue weighted by molar-refractivity contribution is 5.76. The summed E-state index contributed by atoms with van der Waals surface area (Å²) in [5.74, 6) is -0.172. The number of hydrogen-bond acceptors (Lipinski definition) is 3. The van der Waals surface area contributed by atoms with Crippen molar-refractivity contribution < 1.29 is 9.18 Å². The van der Waals surface area contributed by atoms with Crippen LogP contribution in [0, 0.1) is 5.82 Å². The van der Waals surface area contributed by atoms with E-state index < -0.39 is 0 Å². The van der Waals surface area contributed by atoms with Crippen molar-refractivity contribution in [1.29, 1.82) is 0 Å². The summed E-state index contributed by atoms with van der Waals surface area (Å²) >= 11 is 0. The Kier molecular flexibility index (Phi) is 5.56. The fraction of sp³-hybridized carbons (Fsp3) is 0.562. The maximum Gasteiger partial charge on any atom is 0.220 e. The number of halogens is 1. The van der Waals surface area contributed by atoms with Gasteiger partial charge in [-0.25, -0.2) is 4.39 Å². The van der Waals surface area contributed by atoms with Gasteiger partial charge < -0.3 is 16.0 Å². The van der Waals surface area contributed by atoms with Gasteiger partial charge in [-0.2, -0.15) is 0 Å². The van der Waals surface area contributed by atoms with Crippen molar-refractivity contribution in [1.82, 2.24) is 5.32 Å². The third kappa shape index (κ3) is 5.01. The van der Waals surface area contributed by atoms with Crippen LogP contribution in [-0.4, -0.2) is 31.1 Å². The molecule has 3 N–H and O–H groups in total. The van der Waals surface area contributed by atoms with Crippen molar-refractivity contribution in [2.45, 2.75) is 44.7 Å². The van der Waals surface area contributed by atoms with E-state index in [4.69, 9.17) is 5.73 Å². The van der Waals surface area contributed by atoms with Gasteiger partial charge in [0.25, 0.3) is 0 Å². The number of nitrogens with two attached hydrogens (primary N) is 1. The Labute approximate surface area is 125 Å². The summed E-state index contributed by atoms with van der Waals surface area (Å²) in [7, 11) is 0. The van der Waals surface area contributed by atoms with Gasteiger partial charge in [0.05, 0.1) is 0 Å². The number of rotatable bonds is 5. The number of nitrogens with one attached hydrogen (secondary N) is 1. The highest BCUT2D eigenvalue weighted by Gasteiger charge is 2.21. The lowest BCUT2D eigenvalue weighted by Crippen LogP contribution is -2.48. The standard InChI is InChI=1S/C16H24FN3O/c1-12(18)7-8-16(21)19-14-5-3-9-20(11-14)15-6-2-4-13(17)10-15/h2,4,6,10,12,14H,3,5,7-9,11,18H2,1H3,(H,19,21). The summed E-state index contributed by atoms with van der Waals surface area (Å²) in [4.78, 5) is 14.0. The lowest BCUT2D eigenvalue weighted by molar-refractivity contribution is -0.122. The van der Waals surface area contributed by atoms with Crippen LogP contribution in [0.15, 0.2) is 24.3 Å². The predicted octanol–water partition coefficient (Wildman–Crippen LogP) is 2.04. The summed E-state index contributed by atoms with van der Waals surface area (Å²) in [6, 6.07) is 6.79. The third-order valence-electron chi connectivity index (χ3n) is 3.79. The number of anilines is 1. The van der Waals surface area contributed by atoms with Crippen LogP contribution in [0.25, 0.3) is 0 Å². The van der Waals surface area contributed by atoms with Crippen LogP contribution in [-0.2, 0) is 4.79 Å². The molecule has 1 fully saturated rings. The molecule has 4 nitrogen and oxygen atoms in total. The molecular weight excluding hydrogens is 269 g/mol. The minimum atomic E-state index is -0.226. The Morgan fingerprint density at radius 2 is 2.38 bits per heavy atom. The smallest absolute Gasteiger partial charge is 0.220 e. The summed E-state index contributed by atoms with van der Waals surface area (Å²) in [5, 5.41) is 3.06. The molecule has 0 aromatic heterocycles. The number of amides is 1. The zero-order chi connectivity index (χ0) is 15.2. The van der Waals surface area contributed by atoms with E-state index in [0.29, 0.717) is 12.8 Å². The molecule has 0 bridgehead atoms. The third-order valence-corrected chi connectivity index (χ3v) is 3.79. The van der Waals surface area contributed by atoms with Crippen LogP contribution in [0.5, 0.6) is 0 Å². The Balaban J connectivity index is 1.87. The largest absolute Gasteiger partial charge is 0.369 e. The van der Waals surface area contributed by atoms with E-state index in [1.54, 1.807) is 12.1 Å². The molecule has 0 radical (unpaired) electrons. The van der Waals surface area contributed by atoms with Gasteiger partial charge in [-0.3, -0.25) is 4.79 Å². The average Bonchev–Trinajstić information content (AvgIpc) is 2.45. The van der Waals surface area contributed by atoms with Gasteiger partial charge in [-0.15, -0.1) is 0 Å². The van der Waals surface area contributed by atoms with Crippen LogP contribution < -0.4 is 16.0 Å².